The van der Waals surface area contributed by atoms with Gasteiger partial charge in [-0.05, 0) is 30.9 Å². The Morgan fingerprint density at radius 3 is 2.95 bits per heavy atom. The lowest BCUT2D eigenvalue weighted by atomic mass is 10.1. The van der Waals surface area contributed by atoms with Crippen LogP contribution in [-0.4, -0.2) is 29.3 Å². The van der Waals surface area contributed by atoms with Crippen molar-refractivity contribution < 1.29 is 19.5 Å². The molecule has 6 nitrogen and oxygen atoms in total. The largest absolute Gasteiger partial charge is 0.484 e. The highest BCUT2D eigenvalue weighted by atomic mass is 16.6. The maximum Gasteiger partial charge on any atom is 0.311 e. The summed E-state index contributed by atoms with van der Waals surface area (Å²) in [6.07, 6.45) is 3.08. The van der Waals surface area contributed by atoms with Crippen LogP contribution in [0.2, 0.25) is 0 Å². The third-order valence-electron chi connectivity index (χ3n) is 3.10. The highest BCUT2D eigenvalue weighted by Crippen LogP contribution is 2.28. The number of hydrogen-bond donors (Lipinski definition) is 1. The van der Waals surface area contributed by atoms with Crippen LogP contribution >= 0.6 is 0 Å². The van der Waals surface area contributed by atoms with E-state index in [4.69, 9.17) is 14.6 Å². The molecule has 0 aromatic heterocycles. The monoisotopic (exact) mass is 267 g/mol. The number of nitro groups is 1. The zero-order valence-electron chi connectivity index (χ0n) is 10.6. The van der Waals surface area contributed by atoms with Crippen LogP contribution in [0.15, 0.2) is 18.2 Å². The minimum atomic E-state index is -0.504. The lowest BCUT2D eigenvalue weighted by Gasteiger charge is -2.22. The molecule has 1 aromatic carbocycles. The first-order valence-corrected chi connectivity index (χ1v) is 6.33. The maximum atomic E-state index is 11.0. The Bertz CT molecular complexity index is 443. The van der Waals surface area contributed by atoms with Crippen LogP contribution in [0.5, 0.6) is 5.75 Å². The Morgan fingerprint density at radius 1 is 1.47 bits per heavy atom. The maximum absolute atomic E-state index is 11.0. The number of aliphatic hydroxyl groups is 1. The first-order valence-electron chi connectivity index (χ1n) is 6.33. The molecule has 1 atom stereocenters. The van der Waals surface area contributed by atoms with Gasteiger partial charge in [0.1, 0.15) is 6.61 Å². The third-order valence-corrected chi connectivity index (χ3v) is 3.10. The van der Waals surface area contributed by atoms with Crippen molar-refractivity contribution in [2.45, 2.75) is 32.0 Å². The molecule has 6 heteroatoms. The minimum Gasteiger partial charge on any atom is -0.484 e. The predicted molar refractivity (Wildman–Crippen MR) is 68.1 cm³/mol. The van der Waals surface area contributed by atoms with Gasteiger partial charge in [0, 0.05) is 12.7 Å². The summed E-state index contributed by atoms with van der Waals surface area (Å²) in [5.74, 6) is 0.219. The Kier molecular flexibility index (Phi) is 4.70. The first kappa shape index (κ1) is 13.8. The molecule has 19 heavy (non-hydrogen) atoms. The van der Waals surface area contributed by atoms with E-state index in [1.54, 1.807) is 6.07 Å². The van der Waals surface area contributed by atoms with Gasteiger partial charge in [0.2, 0.25) is 0 Å². The molecule has 1 fully saturated rings. The zero-order valence-corrected chi connectivity index (χ0v) is 10.6. The average molecular weight is 267 g/mol. The smallest absolute Gasteiger partial charge is 0.311 e. The number of nitrogens with zero attached hydrogens (tertiary/aromatic N) is 1. The van der Waals surface area contributed by atoms with Crippen LogP contribution in [-0.2, 0) is 11.3 Å². The summed E-state index contributed by atoms with van der Waals surface area (Å²) in [5.41, 5.74) is 0.371. The fraction of sp³-hybridized carbons (Fsp3) is 0.538. The fourth-order valence-corrected chi connectivity index (χ4v) is 2.05. The van der Waals surface area contributed by atoms with E-state index in [0.717, 1.165) is 25.9 Å². The normalized spacial score (nSPS) is 19.1. The highest BCUT2D eigenvalue weighted by Gasteiger charge is 2.19. The molecule has 0 amide bonds. The molecule has 1 saturated heterocycles. The second kappa shape index (κ2) is 6.49. The molecule has 104 valence electrons. The molecular weight excluding hydrogens is 250 g/mol. The summed E-state index contributed by atoms with van der Waals surface area (Å²) in [5, 5.41) is 19.9. The molecule has 1 aromatic rings. The van der Waals surface area contributed by atoms with Crippen molar-refractivity contribution in [3.63, 3.8) is 0 Å². The summed E-state index contributed by atoms with van der Waals surface area (Å²) in [4.78, 5) is 10.4. The predicted octanol–water partition coefficient (Wildman–Crippen LogP) is 2.04. The van der Waals surface area contributed by atoms with Gasteiger partial charge in [-0.25, -0.2) is 0 Å². The molecule has 0 aliphatic carbocycles. The summed E-state index contributed by atoms with van der Waals surface area (Å²) in [6.45, 7) is 0.811. The van der Waals surface area contributed by atoms with Gasteiger partial charge in [0.25, 0.3) is 0 Å². The Labute approximate surface area is 111 Å². The SMILES string of the molecule is O=[N+]([O-])c1cc(CO)ccc1OCC1CCCCO1. The van der Waals surface area contributed by atoms with Crippen molar-refractivity contribution in [3.8, 4) is 5.75 Å². The van der Waals surface area contributed by atoms with Gasteiger partial charge in [0.05, 0.1) is 17.6 Å². The van der Waals surface area contributed by atoms with E-state index in [2.05, 4.69) is 0 Å². The number of benzene rings is 1. The molecular formula is C13H17NO5. The van der Waals surface area contributed by atoms with Crippen molar-refractivity contribution in [1.29, 1.82) is 0 Å². The Balaban J connectivity index is 2.04. The zero-order chi connectivity index (χ0) is 13.7. The van der Waals surface area contributed by atoms with Crippen molar-refractivity contribution in [2.75, 3.05) is 13.2 Å². The number of rotatable bonds is 5. The van der Waals surface area contributed by atoms with Gasteiger partial charge < -0.3 is 14.6 Å². The van der Waals surface area contributed by atoms with Crippen LogP contribution in [0.1, 0.15) is 24.8 Å². The molecule has 1 aliphatic rings. The summed E-state index contributed by atoms with van der Waals surface area (Å²) in [7, 11) is 0. The van der Waals surface area contributed by atoms with Gasteiger partial charge >= 0.3 is 5.69 Å². The van der Waals surface area contributed by atoms with E-state index >= 15 is 0 Å². The topological polar surface area (TPSA) is 81.8 Å². The molecule has 0 spiro atoms. The third kappa shape index (κ3) is 3.65. The first-order chi connectivity index (χ1) is 9.20. The quantitative estimate of drug-likeness (QED) is 0.652. The van der Waals surface area contributed by atoms with Gasteiger partial charge in [-0.2, -0.15) is 0 Å². The second-order valence-electron chi connectivity index (χ2n) is 4.52. The molecule has 1 aliphatic heterocycles. The van der Waals surface area contributed by atoms with Gasteiger partial charge in [-0.1, -0.05) is 6.07 Å². The Hall–Kier alpha value is -1.66. The molecule has 0 bridgehead atoms. The van der Waals surface area contributed by atoms with E-state index in [0.29, 0.717) is 12.2 Å². The number of hydrogen-bond acceptors (Lipinski definition) is 5. The van der Waals surface area contributed by atoms with Crippen molar-refractivity contribution >= 4 is 5.69 Å². The van der Waals surface area contributed by atoms with Gasteiger partial charge in [0.15, 0.2) is 5.75 Å². The van der Waals surface area contributed by atoms with Gasteiger partial charge in [-0.15, -0.1) is 0 Å². The van der Waals surface area contributed by atoms with Crippen LogP contribution in [0.3, 0.4) is 0 Å². The molecule has 1 N–H and O–H groups in total. The lowest BCUT2D eigenvalue weighted by molar-refractivity contribution is -0.386. The van der Waals surface area contributed by atoms with Crippen LogP contribution in [0, 0.1) is 10.1 Å². The van der Waals surface area contributed by atoms with E-state index in [1.807, 2.05) is 0 Å². The lowest BCUT2D eigenvalue weighted by Crippen LogP contribution is -2.25. The minimum absolute atomic E-state index is 0.00544. The van der Waals surface area contributed by atoms with E-state index in [1.165, 1.54) is 12.1 Å². The van der Waals surface area contributed by atoms with Crippen LogP contribution < -0.4 is 4.74 Å². The summed E-state index contributed by atoms with van der Waals surface area (Å²) < 4.78 is 11.0. The van der Waals surface area contributed by atoms with E-state index < -0.39 is 4.92 Å². The van der Waals surface area contributed by atoms with Crippen LogP contribution in [0.25, 0.3) is 0 Å². The van der Waals surface area contributed by atoms with E-state index in [9.17, 15) is 10.1 Å². The average Bonchev–Trinajstić information content (AvgIpc) is 2.46. The fourth-order valence-electron chi connectivity index (χ4n) is 2.05. The number of aliphatic hydroxyl groups excluding tert-OH is 1. The Morgan fingerprint density at radius 2 is 2.32 bits per heavy atom. The second-order valence-corrected chi connectivity index (χ2v) is 4.52. The summed E-state index contributed by atoms with van der Waals surface area (Å²) in [6, 6.07) is 4.47. The van der Waals surface area contributed by atoms with Crippen molar-refractivity contribution in [1.82, 2.24) is 0 Å². The van der Waals surface area contributed by atoms with E-state index in [-0.39, 0.29) is 24.1 Å². The molecule has 0 radical (unpaired) electrons. The van der Waals surface area contributed by atoms with Crippen LogP contribution in [0.4, 0.5) is 5.69 Å². The number of ether oxygens (including phenoxy) is 2. The number of nitro benzene ring substituents is 1. The molecule has 1 unspecified atom stereocenters. The molecule has 2 rings (SSSR count). The summed E-state index contributed by atoms with van der Waals surface area (Å²) >= 11 is 0. The standard InChI is InChI=1S/C13H17NO5/c15-8-10-4-5-13(12(7-10)14(16)17)19-9-11-3-1-2-6-18-11/h4-5,7,11,15H,1-3,6,8-9H2. The van der Waals surface area contributed by atoms with Gasteiger partial charge in [-0.3, -0.25) is 10.1 Å². The van der Waals surface area contributed by atoms with Crippen molar-refractivity contribution in [2.24, 2.45) is 0 Å². The highest BCUT2D eigenvalue weighted by molar-refractivity contribution is 5.48. The molecule has 0 saturated carbocycles. The van der Waals surface area contributed by atoms with Crippen molar-refractivity contribution in [3.05, 3.63) is 33.9 Å². The molecule has 1 heterocycles.